The third-order valence-electron chi connectivity index (χ3n) is 14.9. The van der Waals surface area contributed by atoms with Crippen molar-refractivity contribution in [3.05, 3.63) is 250 Å². The fraction of sp³-hybridized carbons (Fsp3) is 0.304. The van der Waals surface area contributed by atoms with Gasteiger partial charge in [0.25, 0.3) is 5.91 Å². The van der Waals surface area contributed by atoms with Gasteiger partial charge in [-0.25, -0.2) is 9.36 Å². The molecule has 0 spiro atoms. The molecule has 0 radical (unpaired) electrons. The fourth-order valence-electron chi connectivity index (χ4n) is 10.4. The molecule has 1 aliphatic rings. The Hall–Kier alpha value is -8.55. The summed E-state index contributed by atoms with van der Waals surface area (Å²) in [5.41, 5.74) is 2.30. The summed E-state index contributed by atoms with van der Waals surface area (Å²) in [4.78, 5) is 31.0. The Bertz CT molecular complexity index is 3540. The molecule has 21 heteroatoms. The molecular weight excluding hydrogens is 1170 g/mol. The molecule has 1 amide bonds. The van der Waals surface area contributed by atoms with Gasteiger partial charge in [-0.15, -0.1) is 0 Å². The van der Waals surface area contributed by atoms with Crippen LogP contribution in [0.2, 0.25) is 0 Å². The van der Waals surface area contributed by atoms with Gasteiger partial charge < -0.3 is 52.7 Å². The zero-order valence-electron chi connectivity index (χ0n) is 50.6. The van der Waals surface area contributed by atoms with Crippen molar-refractivity contribution >= 4 is 19.5 Å². The molecule has 1 unspecified atom stereocenters. The van der Waals surface area contributed by atoms with Gasteiger partial charge in [-0.1, -0.05) is 127 Å². The van der Waals surface area contributed by atoms with Crippen molar-refractivity contribution in [3.8, 4) is 29.1 Å². The third kappa shape index (κ3) is 16.6. The summed E-state index contributed by atoms with van der Waals surface area (Å²) in [6.45, 7) is 0.679. The zero-order chi connectivity index (χ0) is 63.0. The first-order valence-corrected chi connectivity index (χ1v) is 30.8. The molecule has 2 heterocycles. The monoisotopic (exact) mass is 1240 g/mol. The largest absolute Gasteiger partial charge is 0.497 e. The SMILES string of the molecule is COc1ccc(C(OCCOCCOCCOCCOP(=O)(OCCC#N)O[C@H]2C[C@H](n3ccc(NC(=O)c4ccccc4)nc3=O)O[C@@H]2COC(c2ccccc2)(c2ccc(OC)cc2)c2ccc(OC)cc2)(c2ccccc2)c2ccc(OC)cc2)cc1. The summed E-state index contributed by atoms with van der Waals surface area (Å²) >= 11 is 0. The van der Waals surface area contributed by atoms with Gasteiger partial charge in [-0.05, 0) is 100 Å². The van der Waals surface area contributed by atoms with Gasteiger partial charge in [-0.2, -0.15) is 10.2 Å². The minimum absolute atomic E-state index is 0.0189. The average molecular weight is 1250 g/mol. The average Bonchev–Trinajstić information content (AvgIpc) is 0.877. The smallest absolute Gasteiger partial charge is 0.475 e. The van der Waals surface area contributed by atoms with Crippen LogP contribution in [0.1, 0.15) is 62.8 Å². The van der Waals surface area contributed by atoms with Gasteiger partial charge in [0.15, 0.2) is 0 Å². The lowest BCUT2D eigenvalue weighted by Crippen LogP contribution is -2.38. The Labute approximate surface area is 523 Å². The molecule has 7 aromatic carbocycles. The summed E-state index contributed by atoms with van der Waals surface area (Å²) < 4.78 is 94.6. The predicted molar refractivity (Wildman–Crippen MR) is 335 cm³/mol. The Balaban J connectivity index is 0.846. The first-order chi connectivity index (χ1) is 44.0. The van der Waals surface area contributed by atoms with E-state index >= 15 is 0 Å². The lowest BCUT2D eigenvalue weighted by Gasteiger charge is -2.37. The number of benzene rings is 7. The van der Waals surface area contributed by atoms with E-state index in [0.29, 0.717) is 17.1 Å². The molecule has 0 bridgehead atoms. The summed E-state index contributed by atoms with van der Waals surface area (Å²) in [7, 11) is 1.90. The first kappa shape index (κ1) is 65.9. The number of nitriles is 1. The second kappa shape index (κ2) is 32.8. The fourth-order valence-corrected chi connectivity index (χ4v) is 11.8. The van der Waals surface area contributed by atoms with Crippen molar-refractivity contribution in [1.82, 2.24) is 9.55 Å². The summed E-state index contributed by atoms with van der Waals surface area (Å²) in [5, 5.41) is 12.2. The van der Waals surface area contributed by atoms with Crippen molar-refractivity contribution in [2.24, 2.45) is 0 Å². The van der Waals surface area contributed by atoms with E-state index in [1.807, 2.05) is 164 Å². The maximum absolute atomic E-state index is 14.8. The number of hydrogen-bond donors (Lipinski definition) is 1. The van der Waals surface area contributed by atoms with E-state index in [1.54, 1.807) is 58.8 Å². The third-order valence-corrected chi connectivity index (χ3v) is 16.4. The van der Waals surface area contributed by atoms with Gasteiger partial charge in [0, 0.05) is 18.2 Å². The minimum atomic E-state index is -4.54. The number of methoxy groups -OCH3 is 4. The van der Waals surface area contributed by atoms with Crippen LogP contribution >= 0.6 is 7.82 Å². The molecule has 20 nitrogen and oxygen atoms in total. The summed E-state index contributed by atoms with van der Waals surface area (Å²) in [5.74, 6) is 2.26. The summed E-state index contributed by atoms with van der Waals surface area (Å²) in [6, 6.07) is 62.2. The van der Waals surface area contributed by atoms with Crippen LogP contribution < -0.4 is 30.0 Å². The standard InChI is InChI=1S/C69H73N4O16P/c1-77-58-29-21-54(22-30-58)68(52-17-10-6-11-18-52,55-23-31-59(78-2)32-24-55)84-47-45-82-43-41-81-42-44-83-46-48-87-90(76,86-40-14-38-70)89-62-49-65(73-39-37-64(72-67(73)75)71-66(74)51-15-8-5-9-16-51)88-63(62)50-85-69(53-19-12-7-13-20-53,56-25-33-60(79-3)34-26-56)57-27-35-61(80-4)36-28-57/h5-13,15-37,39,62-63,65H,14,40-50H2,1-4H3,(H,71,72,74,75)/t62-,63+,65+,90?/m0/s1. The number of phosphoric ester groups is 1. The van der Waals surface area contributed by atoms with E-state index in [0.717, 1.165) is 44.9 Å². The molecule has 90 heavy (non-hydrogen) atoms. The molecule has 4 atom stereocenters. The number of hydrogen-bond acceptors (Lipinski definition) is 18. The van der Waals surface area contributed by atoms with Crippen molar-refractivity contribution < 1.29 is 70.3 Å². The molecule has 0 saturated carbocycles. The normalized spacial score (nSPS) is 15.5. The zero-order valence-corrected chi connectivity index (χ0v) is 51.5. The van der Waals surface area contributed by atoms with Crippen LogP contribution in [0.15, 0.2) is 205 Å². The number of nitrogens with zero attached hydrogens (tertiary/aromatic N) is 3. The highest BCUT2D eigenvalue weighted by Crippen LogP contribution is 2.54. The Morgan fingerprint density at radius 1 is 0.556 bits per heavy atom. The van der Waals surface area contributed by atoms with Crippen LogP contribution in [0.4, 0.5) is 5.82 Å². The summed E-state index contributed by atoms with van der Waals surface area (Å²) in [6.07, 6.45) is -1.99. The topological polar surface area (TPSA) is 225 Å². The minimum Gasteiger partial charge on any atom is -0.497 e. The molecule has 1 N–H and O–H groups in total. The molecule has 0 aliphatic carbocycles. The molecule has 9 rings (SSSR count). The van der Waals surface area contributed by atoms with Crippen LogP contribution in [-0.4, -0.2) is 122 Å². The lowest BCUT2D eigenvalue weighted by molar-refractivity contribution is -0.0948. The molecule has 8 aromatic rings. The van der Waals surface area contributed by atoms with E-state index in [9.17, 15) is 19.4 Å². The lowest BCUT2D eigenvalue weighted by atomic mass is 9.80. The maximum Gasteiger partial charge on any atom is 0.475 e. The highest BCUT2D eigenvalue weighted by molar-refractivity contribution is 7.48. The van der Waals surface area contributed by atoms with E-state index < -0.39 is 49.1 Å². The Morgan fingerprint density at radius 2 is 0.967 bits per heavy atom. The number of amides is 1. The van der Waals surface area contributed by atoms with Crippen LogP contribution in [0.5, 0.6) is 23.0 Å². The highest BCUT2D eigenvalue weighted by Gasteiger charge is 2.46. The molecule has 470 valence electrons. The van der Waals surface area contributed by atoms with Crippen LogP contribution in [0.25, 0.3) is 0 Å². The van der Waals surface area contributed by atoms with E-state index in [4.69, 9.17) is 60.9 Å². The van der Waals surface area contributed by atoms with Crippen molar-refractivity contribution in [2.45, 2.75) is 42.5 Å². The Kier molecular flexibility index (Phi) is 24.0. The van der Waals surface area contributed by atoms with Gasteiger partial charge in [0.1, 0.15) is 58.5 Å². The number of nitrogens with one attached hydrogen (secondary N) is 1. The number of aromatic nitrogens is 2. The predicted octanol–water partition coefficient (Wildman–Crippen LogP) is 11.3. The number of carbonyl (C=O) groups is 1. The van der Waals surface area contributed by atoms with Gasteiger partial charge in [0.05, 0.1) is 107 Å². The van der Waals surface area contributed by atoms with Gasteiger partial charge in [-0.3, -0.25) is 22.9 Å². The maximum atomic E-state index is 14.8. The van der Waals surface area contributed by atoms with Crippen molar-refractivity contribution in [1.29, 1.82) is 5.26 Å². The van der Waals surface area contributed by atoms with Crippen LogP contribution in [0.3, 0.4) is 0 Å². The van der Waals surface area contributed by atoms with Gasteiger partial charge >= 0.3 is 13.5 Å². The number of carbonyl (C=O) groups excluding carboxylic acids is 1. The first-order valence-electron chi connectivity index (χ1n) is 29.3. The second-order valence-electron chi connectivity index (χ2n) is 20.4. The molecule has 1 saturated heterocycles. The second-order valence-corrected chi connectivity index (χ2v) is 22.0. The van der Waals surface area contributed by atoms with Crippen molar-refractivity contribution in [2.75, 3.05) is 99.8 Å². The number of phosphoric acid groups is 1. The van der Waals surface area contributed by atoms with E-state index in [-0.39, 0.29) is 84.7 Å². The molecule has 1 aliphatic heterocycles. The van der Waals surface area contributed by atoms with Crippen LogP contribution in [0, 0.1) is 11.3 Å². The van der Waals surface area contributed by atoms with Gasteiger partial charge in [0.2, 0.25) is 0 Å². The van der Waals surface area contributed by atoms with Crippen LogP contribution in [-0.2, 0) is 57.8 Å². The Morgan fingerprint density at radius 3 is 1.41 bits per heavy atom. The quantitative estimate of drug-likeness (QED) is 0.0221. The number of anilines is 1. The molecular formula is C69H73N4O16P. The molecule has 1 aromatic heterocycles. The number of rotatable bonds is 35. The molecule has 1 fully saturated rings. The number of ether oxygens (including phenoxy) is 10. The van der Waals surface area contributed by atoms with Crippen molar-refractivity contribution in [3.63, 3.8) is 0 Å². The highest BCUT2D eigenvalue weighted by atomic mass is 31.2. The van der Waals surface area contributed by atoms with E-state index in [1.165, 1.54) is 16.8 Å². The van der Waals surface area contributed by atoms with E-state index in [2.05, 4.69) is 10.3 Å².